The molecule has 12 heavy (non-hydrogen) atoms. The predicted octanol–water partition coefficient (Wildman–Crippen LogP) is -0.188. The third-order valence-corrected chi connectivity index (χ3v) is 3.91. The molecule has 0 heterocycles. The van der Waals surface area contributed by atoms with E-state index in [9.17, 15) is 4.79 Å². The van der Waals surface area contributed by atoms with E-state index in [0.717, 1.165) is 17.3 Å². The number of alkyl halides is 1. The molecule has 0 bridgehead atoms. The maximum atomic E-state index is 11.0. The van der Waals surface area contributed by atoms with Crippen molar-refractivity contribution < 1.29 is 30.7 Å². The molecule has 0 amide bonds. The van der Waals surface area contributed by atoms with Crippen LogP contribution < -0.4 is 21.2 Å². The molecule has 0 radical (unpaired) electrons. The van der Waals surface area contributed by atoms with E-state index in [1.807, 2.05) is 0 Å². The molecule has 3 heteroatoms. The van der Waals surface area contributed by atoms with Gasteiger partial charge in [-0.05, 0) is 0 Å². The van der Waals surface area contributed by atoms with Gasteiger partial charge in [0.15, 0.2) is 0 Å². The molecule has 74 valence electrons. The second-order valence-corrected chi connectivity index (χ2v) is 5.34. The minimum absolute atomic E-state index is 0.0757. The molecule has 0 aliphatic heterocycles. The SMILES string of the molecule is CCCCCOC(=O)[I-]CCC. The van der Waals surface area contributed by atoms with E-state index < -0.39 is 0 Å². The summed E-state index contributed by atoms with van der Waals surface area (Å²) in [5.41, 5.74) is 0. The van der Waals surface area contributed by atoms with Crippen LogP contribution in [0.25, 0.3) is 0 Å². The Labute approximate surface area is 85.3 Å². The Morgan fingerprint density at radius 3 is 2.58 bits per heavy atom. The molecule has 0 saturated heterocycles. The topological polar surface area (TPSA) is 26.3 Å². The zero-order valence-electron chi connectivity index (χ0n) is 7.94. The van der Waals surface area contributed by atoms with Crippen molar-refractivity contribution in [1.82, 2.24) is 0 Å². The van der Waals surface area contributed by atoms with Crippen LogP contribution in [0.3, 0.4) is 0 Å². The van der Waals surface area contributed by atoms with E-state index in [1.165, 1.54) is 12.8 Å². The number of ether oxygens (including phenoxy) is 1. The van der Waals surface area contributed by atoms with E-state index in [1.54, 1.807) is 0 Å². The number of carbonyl (C=O) groups excluding carboxylic acids is 1. The molecule has 0 aromatic heterocycles. The van der Waals surface area contributed by atoms with E-state index in [2.05, 4.69) is 13.8 Å². The molecule has 0 aliphatic rings. The van der Waals surface area contributed by atoms with Gasteiger partial charge in [0.05, 0.1) is 0 Å². The van der Waals surface area contributed by atoms with Gasteiger partial charge in [-0.2, -0.15) is 0 Å². The molecule has 0 N–H and O–H groups in total. The Balaban J connectivity index is 3.08. The third kappa shape index (κ3) is 8.30. The summed E-state index contributed by atoms with van der Waals surface area (Å²) in [6, 6.07) is 0. The van der Waals surface area contributed by atoms with Gasteiger partial charge in [0.2, 0.25) is 0 Å². The van der Waals surface area contributed by atoms with Crippen LogP contribution in [0.5, 0.6) is 0 Å². The van der Waals surface area contributed by atoms with Crippen LogP contribution in [0.2, 0.25) is 0 Å². The summed E-state index contributed by atoms with van der Waals surface area (Å²) in [4.78, 5) is 11.0. The molecular formula is C9H18IO2-. The van der Waals surface area contributed by atoms with Crippen LogP contribution in [0.4, 0.5) is 4.79 Å². The Kier molecular flexibility index (Phi) is 9.44. The van der Waals surface area contributed by atoms with E-state index in [0.29, 0.717) is 6.61 Å². The average molecular weight is 285 g/mol. The summed E-state index contributed by atoms with van der Waals surface area (Å²) in [6.45, 7) is 4.88. The number of unbranched alkanes of at least 4 members (excludes halogenated alkanes) is 2. The number of hydrogen-bond acceptors (Lipinski definition) is 2. The van der Waals surface area contributed by atoms with Crippen molar-refractivity contribution in [2.45, 2.75) is 39.5 Å². The van der Waals surface area contributed by atoms with E-state index in [4.69, 9.17) is 4.74 Å². The van der Waals surface area contributed by atoms with Gasteiger partial charge in [-0.3, -0.25) is 0 Å². The summed E-state index contributed by atoms with van der Waals surface area (Å²) in [5, 5.41) is 0. The standard InChI is InChI=1S/C9H18IO2/c1-3-5-6-8-12-9(11)10-7-4-2/h3-8H2,1-2H3/q-1. The van der Waals surface area contributed by atoms with Crippen LogP contribution >= 0.6 is 0 Å². The Hall–Kier alpha value is 0.200. The summed E-state index contributed by atoms with van der Waals surface area (Å²) < 4.78 is 6.19. The average Bonchev–Trinajstić information content (AvgIpc) is 2.09. The Morgan fingerprint density at radius 2 is 2.00 bits per heavy atom. The van der Waals surface area contributed by atoms with Crippen molar-refractivity contribution in [2.24, 2.45) is 0 Å². The summed E-state index contributed by atoms with van der Waals surface area (Å²) in [6.07, 6.45) is 4.48. The van der Waals surface area contributed by atoms with Crippen LogP contribution in [-0.4, -0.2) is 15.0 Å². The second kappa shape index (κ2) is 9.29. The number of rotatable bonds is 7. The zero-order valence-corrected chi connectivity index (χ0v) is 10.1. The molecule has 0 atom stereocenters. The van der Waals surface area contributed by atoms with Gasteiger partial charge in [-0.25, -0.2) is 0 Å². The van der Waals surface area contributed by atoms with E-state index in [-0.39, 0.29) is 25.2 Å². The quantitative estimate of drug-likeness (QED) is 0.280. The Bertz CT molecular complexity index is 115. The summed E-state index contributed by atoms with van der Waals surface area (Å²) >= 11 is -0.321. The van der Waals surface area contributed by atoms with Gasteiger partial charge < -0.3 is 0 Å². The molecule has 0 spiro atoms. The van der Waals surface area contributed by atoms with Gasteiger partial charge in [0.1, 0.15) is 0 Å². The molecule has 0 aromatic carbocycles. The molecule has 0 rings (SSSR count). The van der Waals surface area contributed by atoms with Crippen molar-refractivity contribution in [2.75, 3.05) is 11.0 Å². The van der Waals surface area contributed by atoms with Gasteiger partial charge in [0, 0.05) is 0 Å². The van der Waals surface area contributed by atoms with Crippen molar-refractivity contribution >= 4 is 3.98 Å². The fraction of sp³-hybridized carbons (Fsp3) is 0.889. The van der Waals surface area contributed by atoms with Crippen LogP contribution in [0, 0.1) is 0 Å². The van der Waals surface area contributed by atoms with Crippen LogP contribution in [0.15, 0.2) is 0 Å². The fourth-order valence-electron chi connectivity index (χ4n) is 0.715. The van der Waals surface area contributed by atoms with Gasteiger partial charge in [0.25, 0.3) is 0 Å². The normalized spacial score (nSPS) is 10.2. The van der Waals surface area contributed by atoms with Crippen LogP contribution in [0.1, 0.15) is 39.5 Å². The molecular weight excluding hydrogens is 267 g/mol. The number of carbonyl (C=O) groups is 1. The second-order valence-electron chi connectivity index (χ2n) is 2.62. The first-order valence-corrected chi connectivity index (χ1v) is 7.17. The maximum absolute atomic E-state index is 11.0. The molecule has 0 aromatic rings. The summed E-state index contributed by atoms with van der Waals surface area (Å²) in [5.74, 6) is 0. The third-order valence-electron chi connectivity index (χ3n) is 1.36. The van der Waals surface area contributed by atoms with Crippen molar-refractivity contribution in [1.29, 1.82) is 0 Å². The van der Waals surface area contributed by atoms with Gasteiger partial charge in [-0.15, -0.1) is 0 Å². The van der Waals surface area contributed by atoms with Gasteiger partial charge in [-0.1, -0.05) is 0 Å². The first kappa shape index (κ1) is 12.2. The number of hydrogen-bond donors (Lipinski definition) is 0. The predicted molar refractivity (Wildman–Crippen MR) is 46.0 cm³/mol. The molecule has 0 saturated carbocycles. The van der Waals surface area contributed by atoms with Crippen molar-refractivity contribution in [3.05, 3.63) is 0 Å². The van der Waals surface area contributed by atoms with Crippen molar-refractivity contribution in [3.63, 3.8) is 0 Å². The van der Waals surface area contributed by atoms with Crippen molar-refractivity contribution in [3.8, 4) is 0 Å². The molecule has 0 aliphatic carbocycles. The number of halogens is 1. The zero-order chi connectivity index (χ0) is 9.23. The molecule has 0 fully saturated rings. The first-order valence-electron chi connectivity index (χ1n) is 4.57. The monoisotopic (exact) mass is 285 g/mol. The first-order chi connectivity index (χ1) is 5.81. The Morgan fingerprint density at radius 1 is 1.25 bits per heavy atom. The van der Waals surface area contributed by atoms with E-state index >= 15 is 0 Å². The minimum atomic E-state index is -0.321. The van der Waals surface area contributed by atoms with Crippen LogP contribution in [-0.2, 0) is 4.74 Å². The molecule has 2 nitrogen and oxygen atoms in total. The molecule has 0 unspecified atom stereocenters. The fourth-order valence-corrected chi connectivity index (χ4v) is 2.13. The van der Waals surface area contributed by atoms with Gasteiger partial charge >= 0.3 is 85.3 Å². The summed E-state index contributed by atoms with van der Waals surface area (Å²) in [7, 11) is 0.